The van der Waals surface area contributed by atoms with Gasteiger partial charge in [-0.2, -0.15) is 0 Å². The van der Waals surface area contributed by atoms with E-state index in [1.165, 1.54) is 37.8 Å². The van der Waals surface area contributed by atoms with Gasteiger partial charge in [-0.3, -0.25) is 4.98 Å². The summed E-state index contributed by atoms with van der Waals surface area (Å²) in [5.41, 5.74) is 4.41. The fraction of sp³-hybridized carbons (Fsp3) is 0.290. The number of para-hydroxylation sites is 1. The zero-order valence-corrected chi connectivity index (χ0v) is 21.9. The summed E-state index contributed by atoms with van der Waals surface area (Å²) >= 11 is 5.95. The molecule has 6 rings (SSSR count). The summed E-state index contributed by atoms with van der Waals surface area (Å²) in [6.07, 6.45) is 10.5. The molecule has 6 heteroatoms. The van der Waals surface area contributed by atoms with Gasteiger partial charge in [0.1, 0.15) is 17.5 Å². The van der Waals surface area contributed by atoms with Crippen LogP contribution in [0.4, 0.5) is 5.69 Å². The molecule has 0 amide bonds. The largest absolute Gasteiger partial charge is 0.457 e. The van der Waals surface area contributed by atoms with Crippen molar-refractivity contribution in [1.82, 2.24) is 14.9 Å². The van der Waals surface area contributed by atoms with Crippen molar-refractivity contribution in [3.05, 3.63) is 108 Å². The third-order valence-corrected chi connectivity index (χ3v) is 7.93. The van der Waals surface area contributed by atoms with Crippen LogP contribution in [0.5, 0.6) is 11.5 Å². The van der Waals surface area contributed by atoms with E-state index in [1.807, 2.05) is 48.7 Å². The van der Waals surface area contributed by atoms with Crippen molar-refractivity contribution < 1.29 is 4.74 Å². The summed E-state index contributed by atoms with van der Waals surface area (Å²) in [5, 5.41) is 4.31. The van der Waals surface area contributed by atoms with Crippen molar-refractivity contribution in [2.24, 2.45) is 0 Å². The molecule has 37 heavy (non-hydrogen) atoms. The summed E-state index contributed by atoms with van der Waals surface area (Å²) in [5.74, 6) is 1.67. The molecule has 0 spiro atoms. The standard InChI is InChI=1S/C31H32N4OS/c1-22-10-5-6-15-28(22)36-25-18-16-24(17-19-25)35-30(29(33-31(35)37)26-13-7-8-20-32-26)27-14-9-21-34(27)23-11-3-2-4-12-23/h5-10,13-21,23,29-30H,2-4,11-12H2,1H3,(H,33,37)/t29-,30-/m1/s1. The van der Waals surface area contributed by atoms with Gasteiger partial charge in [0.15, 0.2) is 5.11 Å². The monoisotopic (exact) mass is 508 g/mol. The highest BCUT2D eigenvalue weighted by Crippen LogP contribution is 2.44. The smallest absolute Gasteiger partial charge is 0.174 e. The second-order valence-electron chi connectivity index (χ2n) is 9.99. The Labute approximate surface area is 224 Å². The van der Waals surface area contributed by atoms with E-state index < -0.39 is 0 Å². The molecular formula is C31H32N4OS. The molecule has 0 radical (unpaired) electrons. The molecule has 188 valence electrons. The number of rotatable bonds is 6. The topological polar surface area (TPSA) is 42.3 Å². The second kappa shape index (κ2) is 10.4. The van der Waals surface area contributed by atoms with E-state index >= 15 is 0 Å². The summed E-state index contributed by atoms with van der Waals surface area (Å²) in [4.78, 5) is 6.97. The predicted octanol–water partition coefficient (Wildman–Crippen LogP) is 7.67. The second-order valence-corrected chi connectivity index (χ2v) is 10.4. The van der Waals surface area contributed by atoms with E-state index in [4.69, 9.17) is 21.9 Å². The van der Waals surface area contributed by atoms with Gasteiger partial charge in [0, 0.05) is 29.8 Å². The van der Waals surface area contributed by atoms with Gasteiger partial charge in [0.05, 0.1) is 11.7 Å². The molecule has 2 atom stereocenters. The number of hydrogen-bond donors (Lipinski definition) is 1. The lowest BCUT2D eigenvalue weighted by Gasteiger charge is -2.32. The van der Waals surface area contributed by atoms with Crippen LogP contribution in [-0.2, 0) is 0 Å². The molecule has 5 nitrogen and oxygen atoms in total. The number of nitrogens with one attached hydrogen (secondary N) is 1. The molecular weight excluding hydrogens is 476 g/mol. The van der Waals surface area contributed by atoms with Crippen LogP contribution >= 0.6 is 12.2 Å². The first-order valence-electron chi connectivity index (χ1n) is 13.2. The van der Waals surface area contributed by atoms with Crippen LogP contribution in [0.1, 0.15) is 67.2 Å². The number of aromatic nitrogens is 2. The first-order valence-corrected chi connectivity index (χ1v) is 13.6. The third-order valence-electron chi connectivity index (χ3n) is 7.62. The van der Waals surface area contributed by atoms with Crippen LogP contribution in [0, 0.1) is 6.92 Å². The van der Waals surface area contributed by atoms with E-state index in [0.717, 1.165) is 28.4 Å². The molecule has 1 saturated carbocycles. The number of nitrogens with zero attached hydrogens (tertiary/aromatic N) is 3. The van der Waals surface area contributed by atoms with Crippen molar-refractivity contribution in [1.29, 1.82) is 0 Å². The number of pyridine rings is 1. The predicted molar refractivity (Wildman–Crippen MR) is 152 cm³/mol. The highest BCUT2D eigenvalue weighted by Gasteiger charge is 2.42. The van der Waals surface area contributed by atoms with Crippen LogP contribution in [0.3, 0.4) is 0 Å². The molecule has 2 aliphatic rings. The number of aryl methyl sites for hydroxylation is 1. The number of hydrogen-bond acceptors (Lipinski definition) is 3. The van der Waals surface area contributed by atoms with Crippen molar-refractivity contribution in [2.75, 3.05) is 4.90 Å². The average Bonchev–Trinajstić information content (AvgIpc) is 3.56. The zero-order valence-electron chi connectivity index (χ0n) is 21.1. The number of thiocarbonyl (C=S) groups is 1. The van der Waals surface area contributed by atoms with Crippen molar-refractivity contribution in [3.8, 4) is 11.5 Å². The van der Waals surface area contributed by atoms with Crippen LogP contribution in [0.15, 0.2) is 91.3 Å². The maximum atomic E-state index is 6.16. The number of benzene rings is 2. The minimum absolute atomic E-state index is 0.0116. The molecule has 2 aromatic heterocycles. The van der Waals surface area contributed by atoms with Crippen LogP contribution in [-0.4, -0.2) is 14.7 Å². The molecule has 2 fully saturated rings. The van der Waals surface area contributed by atoms with Gasteiger partial charge in [0.25, 0.3) is 0 Å². The van der Waals surface area contributed by atoms with E-state index in [1.54, 1.807) is 0 Å². The van der Waals surface area contributed by atoms with Crippen LogP contribution < -0.4 is 15.0 Å². The highest BCUT2D eigenvalue weighted by molar-refractivity contribution is 7.80. The summed E-state index contributed by atoms with van der Waals surface area (Å²) in [6, 6.07) is 27.3. The Hall–Kier alpha value is -3.64. The Morgan fingerprint density at radius 2 is 1.68 bits per heavy atom. The fourth-order valence-corrected chi connectivity index (χ4v) is 6.10. The lowest BCUT2D eigenvalue weighted by atomic mass is 9.94. The van der Waals surface area contributed by atoms with Gasteiger partial charge in [-0.05, 0) is 92.1 Å². The quantitative estimate of drug-likeness (QED) is 0.271. The highest BCUT2D eigenvalue weighted by atomic mass is 32.1. The Balaban J connectivity index is 1.36. The van der Waals surface area contributed by atoms with Gasteiger partial charge < -0.3 is 19.5 Å². The van der Waals surface area contributed by atoms with Gasteiger partial charge >= 0.3 is 0 Å². The van der Waals surface area contributed by atoms with E-state index in [2.05, 4.69) is 64.3 Å². The maximum absolute atomic E-state index is 6.16. The zero-order chi connectivity index (χ0) is 25.2. The van der Waals surface area contributed by atoms with Gasteiger partial charge in [-0.1, -0.05) is 43.5 Å². The van der Waals surface area contributed by atoms with Gasteiger partial charge in [0.2, 0.25) is 0 Å². The maximum Gasteiger partial charge on any atom is 0.174 e. The molecule has 1 aliphatic carbocycles. The van der Waals surface area contributed by atoms with E-state index in [9.17, 15) is 0 Å². The first kappa shape index (κ1) is 23.7. The summed E-state index contributed by atoms with van der Waals surface area (Å²) < 4.78 is 8.66. The minimum atomic E-state index is -0.0474. The molecule has 1 saturated heterocycles. The summed E-state index contributed by atoms with van der Waals surface area (Å²) in [7, 11) is 0. The summed E-state index contributed by atoms with van der Waals surface area (Å²) in [6.45, 7) is 2.06. The lowest BCUT2D eigenvalue weighted by Crippen LogP contribution is -2.31. The first-order chi connectivity index (χ1) is 18.2. The van der Waals surface area contributed by atoms with Crippen molar-refractivity contribution in [2.45, 2.75) is 57.2 Å². The average molecular weight is 509 g/mol. The SMILES string of the molecule is Cc1ccccc1Oc1ccc(N2C(=S)N[C@H](c3ccccn3)[C@H]2c2cccn2C2CCCCC2)cc1. The van der Waals surface area contributed by atoms with E-state index in [0.29, 0.717) is 11.2 Å². The molecule has 2 aromatic carbocycles. The number of anilines is 1. The molecule has 1 N–H and O–H groups in total. The Morgan fingerprint density at radius 1 is 0.892 bits per heavy atom. The normalized spacial score (nSPS) is 20.1. The van der Waals surface area contributed by atoms with Gasteiger partial charge in [-0.25, -0.2) is 0 Å². The lowest BCUT2D eigenvalue weighted by molar-refractivity contribution is 0.340. The minimum Gasteiger partial charge on any atom is -0.457 e. The molecule has 0 unspecified atom stereocenters. The van der Waals surface area contributed by atoms with Crippen LogP contribution in [0.25, 0.3) is 0 Å². The molecule has 1 aliphatic heterocycles. The van der Waals surface area contributed by atoms with Crippen molar-refractivity contribution in [3.63, 3.8) is 0 Å². The molecule has 0 bridgehead atoms. The fourth-order valence-electron chi connectivity index (χ4n) is 5.76. The van der Waals surface area contributed by atoms with E-state index in [-0.39, 0.29) is 12.1 Å². The molecule has 4 aromatic rings. The Kier molecular flexibility index (Phi) is 6.66. The Morgan fingerprint density at radius 3 is 2.43 bits per heavy atom. The van der Waals surface area contributed by atoms with Gasteiger partial charge in [-0.15, -0.1) is 0 Å². The number of ether oxygens (including phenoxy) is 1. The van der Waals surface area contributed by atoms with Crippen LogP contribution in [0.2, 0.25) is 0 Å². The van der Waals surface area contributed by atoms with Crippen molar-refractivity contribution >= 4 is 23.0 Å². The third kappa shape index (κ3) is 4.74. The molecule has 3 heterocycles. The Bertz CT molecular complexity index is 1360.